The van der Waals surface area contributed by atoms with Crippen LogP contribution in [0.2, 0.25) is 0 Å². The molecule has 0 aliphatic carbocycles. The fraction of sp³-hybridized carbons (Fsp3) is 0.467. The van der Waals surface area contributed by atoms with Crippen molar-refractivity contribution in [2.75, 3.05) is 17.2 Å². The molecule has 0 spiro atoms. The molecule has 4 nitrogen and oxygen atoms in total. The van der Waals surface area contributed by atoms with Gasteiger partial charge in [0, 0.05) is 25.6 Å². The Balaban J connectivity index is 2.07. The number of rotatable bonds is 7. The van der Waals surface area contributed by atoms with E-state index < -0.39 is 0 Å². The van der Waals surface area contributed by atoms with Crippen LogP contribution in [0.25, 0.3) is 0 Å². The first-order valence-corrected chi connectivity index (χ1v) is 8.04. The topological polar surface area (TPSA) is 49.8 Å². The van der Waals surface area contributed by atoms with Gasteiger partial charge in [-0.3, -0.25) is 0 Å². The third kappa shape index (κ3) is 3.93. The quantitative estimate of drug-likeness (QED) is 0.813. The lowest BCUT2D eigenvalue weighted by molar-refractivity contribution is 0.913. The monoisotopic (exact) mass is 290 g/mol. The van der Waals surface area contributed by atoms with Crippen LogP contribution < -0.4 is 10.6 Å². The third-order valence-corrected chi connectivity index (χ3v) is 3.98. The number of hydrogen-bond donors (Lipinski definition) is 2. The largest absolute Gasteiger partial charge is 0.370 e. The Labute approximate surface area is 124 Å². The van der Waals surface area contributed by atoms with Gasteiger partial charge in [0.25, 0.3) is 0 Å². The van der Waals surface area contributed by atoms with Crippen LogP contribution in [0.4, 0.5) is 11.6 Å². The highest BCUT2D eigenvalue weighted by molar-refractivity contribution is 7.08. The van der Waals surface area contributed by atoms with Crippen molar-refractivity contribution in [3.8, 4) is 0 Å². The van der Waals surface area contributed by atoms with Gasteiger partial charge >= 0.3 is 0 Å². The van der Waals surface area contributed by atoms with Crippen molar-refractivity contribution >= 4 is 23.0 Å². The lowest BCUT2D eigenvalue weighted by atomic mass is 10.2. The average Bonchev–Trinajstić information content (AvgIpc) is 2.88. The minimum absolute atomic E-state index is 0.808. The van der Waals surface area contributed by atoms with Crippen molar-refractivity contribution in [2.24, 2.45) is 0 Å². The van der Waals surface area contributed by atoms with Crippen LogP contribution in [0, 0.1) is 6.92 Å². The number of aromatic nitrogens is 2. The lowest BCUT2D eigenvalue weighted by Gasteiger charge is -2.10. The van der Waals surface area contributed by atoms with Crippen LogP contribution in [0.1, 0.15) is 37.2 Å². The highest BCUT2D eigenvalue weighted by Gasteiger charge is 2.04. The number of thiophene rings is 1. The summed E-state index contributed by atoms with van der Waals surface area (Å²) >= 11 is 1.74. The van der Waals surface area contributed by atoms with E-state index in [9.17, 15) is 0 Å². The van der Waals surface area contributed by atoms with Gasteiger partial charge in [-0.25, -0.2) is 9.97 Å². The molecule has 0 aliphatic heterocycles. The average molecular weight is 290 g/mol. The molecule has 0 saturated heterocycles. The molecule has 2 aromatic heterocycles. The zero-order valence-corrected chi connectivity index (χ0v) is 13.2. The second kappa shape index (κ2) is 7.24. The van der Waals surface area contributed by atoms with Gasteiger partial charge < -0.3 is 10.6 Å². The molecule has 0 fully saturated rings. The summed E-state index contributed by atoms with van der Waals surface area (Å²) in [6.07, 6.45) is 1.93. The molecule has 0 radical (unpaired) electrons. The maximum atomic E-state index is 4.53. The first-order chi connectivity index (χ1) is 9.72. The molecule has 0 amide bonds. The van der Waals surface area contributed by atoms with Crippen LogP contribution >= 0.6 is 11.3 Å². The second-order valence-corrected chi connectivity index (χ2v) is 5.51. The summed E-state index contributed by atoms with van der Waals surface area (Å²) in [6, 6.07) is 1.98. The summed E-state index contributed by atoms with van der Waals surface area (Å²) in [5, 5.41) is 11.1. The molecule has 108 valence electrons. The SMILES string of the molecule is CCCNc1cc(NCc2cscc2C)nc(CC)n1. The Bertz CT molecular complexity index is 551. The third-order valence-electron chi connectivity index (χ3n) is 3.07. The predicted molar refractivity (Wildman–Crippen MR) is 86.6 cm³/mol. The van der Waals surface area contributed by atoms with Crippen LogP contribution in [0.15, 0.2) is 16.8 Å². The van der Waals surface area contributed by atoms with Crippen molar-refractivity contribution in [2.45, 2.75) is 40.2 Å². The number of nitrogens with zero attached hydrogens (tertiary/aromatic N) is 2. The summed E-state index contributed by atoms with van der Waals surface area (Å²) in [5.74, 6) is 2.67. The zero-order valence-electron chi connectivity index (χ0n) is 12.4. The molecule has 0 aliphatic rings. The number of nitrogens with one attached hydrogen (secondary N) is 2. The van der Waals surface area contributed by atoms with E-state index in [1.807, 2.05) is 6.07 Å². The highest BCUT2D eigenvalue weighted by atomic mass is 32.1. The minimum atomic E-state index is 0.808. The Morgan fingerprint density at radius 2 is 1.85 bits per heavy atom. The van der Waals surface area contributed by atoms with Crippen LogP contribution in [0.3, 0.4) is 0 Å². The van der Waals surface area contributed by atoms with Crippen molar-refractivity contribution in [1.29, 1.82) is 0 Å². The Morgan fingerprint density at radius 1 is 1.10 bits per heavy atom. The van der Waals surface area contributed by atoms with Crippen LogP contribution in [-0.4, -0.2) is 16.5 Å². The van der Waals surface area contributed by atoms with E-state index in [0.717, 1.165) is 43.4 Å². The van der Waals surface area contributed by atoms with Gasteiger partial charge in [0.1, 0.15) is 17.5 Å². The maximum absolute atomic E-state index is 4.53. The molecule has 0 unspecified atom stereocenters. The van der Waals surface area contributed by atoms with E-state index in [-0.39, 0.29) is 0 Å². The minimum Gasteiger partial charge on any atom is -0.370 e. The molecule has 2 rings (SSSR count). The van der Waals surface area contributed by atoms with Gasteiger partial charge in [0.2, 0.25) is 0 Å². The van der Waals surface area contributed by atoms with E-state index in [0.29, 0.717) is 0 Å². The molecule has 2 N–H and O–H groups in total. The number of anilines is 2. The molecule has 2 aromatic rings. The van der Waals surface area contributed by atoms with Gasteiger partial charge in [-0.15, -0.1) is 0 Å². The van der Waals surface area contributed by atoms with Gasteiger partial charge in [-0.2, -0.15) is 11.3 Å². The summed E-state index contributed by atoms with van der Waals surface area (Å²) in [4.78, 5) is 9.02. The van der Waals surface area contributed by atoms with Gasteiger partial charge in [0.15, 0.2) is 0 Å². The Hall–Kier alpha value is -1.62. The molecular weight excluding hydrogens is 268 g/mol. The highest BCUT2D eigenvalue weighted by Crippen LogP contribution is 2.17. The fourth-order valence-corrected chi connectivity index (χ4v) is 2.70. The normalized spacial score (nSPS) is 10.6. The fourth-order valence-electron chi connectivity index (χ4n) is 1.84. The van der Waals surface area contributed by atoms with Gasteiger partial charge in [0.05, 0.1) is 0 Å². The van der Waals surface area contributed by atoms with Gasteiger partial charge in [-0.1, -0.05) is 13.8 Å². The number of aryl methyl sites for hydroxylation is 2. The van der Waals surface area contributed by atoms with E-state index in [1.165, 1.54) is 11.1 Å². The lowest BCUT2D eigenvalue weighted by Crippen LogP contribution is -2.08. The summed E-state index contributed by atoms with van der Waals surface area (Å²) in [5.41, 5.74) is 2.66. The summed E-state index contributed by atoms with van der Waals surface area (Å²) in [7, 11) is 0. The Morgan fingerprint density at radius 3 is 2.45 bits per heavy atom. The molecule has 5 heteroatoms. The van der Waals surface area contributed by atoms with Crippen molar-refractivity contribution in [3.05, 3.63) is 33.8 Å². The smallest absolute Gasteiger partial charge is 0.132 e. The van der Waals surface area contributed by atoms with Crippen LogP contribution in [-0.2, 0) is 13.0 Å². The molecule has 0 bridgehead atoms. The molecule has 20 heavy (non-hydrogen) atoms. The second-order valence-electron chi connectivity index (χ2n) is 4.77. The first kappa shape index (κ1) is 14.8. The van der Waals surface area contributed by atoms with E-state index in [2.05, 4.69) is 52.1 Å². The zero-order chi connectivity index (χ0) is 14.4. The van der Waals surface area contributed by atoms with Crippen molar-refractivity contribution in [3.63, 3.8) is 0 Å². The van der Waals surface area contributed by atoms with Crippen molar-refractivity contribution in [1.82, 2.24) is 9.97 Å². The molecule has 0 saturated carbocycles. The van der Waals surface area contributed by atoms with E-state index >= 15 is 0 Å². The first-order valence-electron chi connectivity index (χ1n) is 7.10. The van der Waals surface area contributed by atoms with E-state index in [1.54, 1.807) is 11.3 Å². The number of hydrogen-bond acceptors (Lipinski definition) is 5. The maximum Gasteiger partial charge on any atom is 0.132 e. The van der Waals surface area contributed by atoms with Crippen molar-refractivity contribution < 1.29 is 0 Å². The predicted octanol–water partition coefficient (Wildman–Crippen LogP) is 3.84. The summed E-state index contributed by atoms with van der Waals surface area (Å²) in [6.45, 7) is 8.10. The molecular formula is C15H22N4S. The molecule has 0 atom stereocenters. The summed E-state index contributed by atoms with van der Waals surface area (Å²) < 4.78 is 0. The Kier molecular flexibility index (Phi) is 5.35. The molecule has 0 aromatic carbocycles. The van der Waals surface area contributed by atoms with Crippen LogP contribution in [0.5, 0.6) is 0 Å². The van der Waals surface area contributed by atoms with E-state index in [4.69, 9.17) is 0 Å². The molecule has 2 heterocycles. The van der Waals surface area contributed by atoms with Gasteiger partial charge in [-0.05, 0) is 35.2 Å². The standard InChI is InChI=1S/C15H22N4S/c1-4-6-16-14-7-15(19-13(5-2)18-14)17-8-12-10-20-9-11(12)3/h7,9-10H,4-6,8H2,1-3H3,(H2,16,17,18,19).